The zero-order valence-electron chi connectivity index (χ0n) is 12.6. The minimum Gasteiger partial charge on any atom is -0.480 e. The molecule has 0 aliphatic rings. The number of nitrogens with zero attached hydrogens (tertiary/aromatic N) is 1. The molecule has 7 nitrogen and oxygen atoms in total. The number of nitrogens with one attached hydrogen (secondary N) is 2. The molecule has 1 atom stereocenters. The zero-order valence-corrected chi connectivity index (χ0v) is 12.6. The number of carboxylic acids is 1. The first kappa shape index (κ1) is 16.7. The lowest BCUT2D eigenvalue weighted by Crippen LogP contribution is -2.50. The Hall–Kier alpha value is -2.31. The number of rotatable bonds is 5. The van der Waals surface area contributed by atoms with E-state index >= 15 is 0 Å². The third-order valence-corrected chi connectivity index (χ3v) is 2.67. The van der Waals surface area contributed by atoms with Gasteiger partial charge in [-0.15, -0.1) is 0 Å². The predicted octanol–water partition coefficient (Wildman–Crippen LogP) is 2.10. The van der Waals surface area contributed by atoms with Crippen LogP contribution in [-0.4, -0.2) is 34.7 Å². The standard InChI is InChI=1S/C14H21N3O4/c1-5-21-10-7-6-9(8-15-10)16-13(20)17-11(12(18)19)14(2,3)4/h6-8,11H,5H2,1-4H3,(H,18,19)(H2,16,17,20). The first-order valence-electron chi connectivity index (χ1n) is 6.63. The maximum absolute atomic E-state index is 11.8. The van der Waals surface area contributed by atoms with Gasteiger partial charge in [-0.2, -0.15) is 0 Å². The van der Waals surface area contributed by atoms with Crippen LogP contribution < -0.4 is 15.4 Å². The fourth-order valence-corrected chi connectivity index (χ4v) is 1.63. The van der Waals surface area contributed by atoms with Gasteiger partial charge in [0.15, 0.2) is 0 Å². The van der Waals surface area contributed by atoms with Gasteiger partial charge in [0.25, 0.3) is 0 Å². The number of pyridine rings is 1. The molecule has 1 heterocycles. The molecular weight excluding hydrogens is 274 g/mol. The second-order valence-electron chi connectivity index (χ2n) is 5.55. The topological polar surface area (TPSA) is 101 Å². The molecule has 0 spiro atoms. The van der Waals surface area contributed by atoms with E-state index in [4.69, 9.17) is 9.84 Å². The Morgan fingerprint density at radius 2 is 2.05 bits per heavy atom. The lowest BCUT2D eigenvalue weighted by molar-refractivity contribution is -0.141. The van der Waals surface area contributed by atoms with E-state index in [0.29, 0.717) is 18.2 Å². The molecule has 1 rings (SSSR count). The molecule has 0 radical (unpaired) electrons. The second kappa shape index (κ2) is 6.92. The molecule has 116 valence electrons. The Bertz CT molecular complexity index is 494. The van der Waals surface area contributed by atoms with Crippen molar-refractivity contribution >= 4 is 17.7 Å². The van der Waals surface area contributed by atoms with Crippen LogP contribution in [0.25, 0.3) is 0 Å². The quantitative estimate of drug-likeness (QED) is 0.772. The summed E-state index contributed by atoms with van der Waals surface area (Å²) in [6, 6.07) is 1.67. The number of amides is 2. The minimum atomic E-state index is -1.08. The van der Waals surface area contributed by atoms with E-state index in [1.165, 1.54) is 6.20 Å². The van der Waals surface area contributed by atoms with Gasteiger partial charge < -0.3 is 20.5 Å². The highest BCUT2D eigenvalue weighted by Crippen LogP contribution is 2.19. The van der Waals surface area contributed by atoms with Gasteiger partial charge in [0.05, 0.1) is 18.5 Å². The van der Waals surface area contributed by atoms with E-state index in [-0.39, 0.29) is 0 Å². The Balaban J connectivity index is 2.66. The van der Waals surface area contributed by atoms with Gasteiger partial charge in [0.2, 0.25) is 5.88 Å². The van der Waals surface area contributed by atoms with Crippen LogP contribution in [0.1, 0.15) is 27.7 Å². The molecule has 0 aliphatic carbocycles. The first-order valence-corrected chi connectivity index (χ1v) is 6.63. The number of aromatic nitrogens is 1. The van der Waals surface area contributed by atoms with Crippen molar-refractivity contribution in [3.63, 3.8) is 0 Å². The summed E-state index contributed by atoms with van der Waals surface area (Å²) in [7, 11) is 0. The molecule has 1 unspecified atom stereocenters. The largest absolute Gasteiger partial charge is 0.480 e. The fourth-order valence-electron chi connectivity index (χ4n) is 1.63. The highest BCUT2D eigenvalue weighted by Gasteiger charge is 2.32. The summed E-state index contributed by atoms with van der Waals surface area (Å²) in [5, 5.41) is 14.1. The Labute approximate surface area is 123 Å². The molecule has 1 aromatic heterocycles. The molecule has 0 fully saturated rings. The number of hydrogen-bond donors (Lipinski definition) is 3. The van der Waals surface area contributed by atoms with Crippen molar-refractivity contribution in [2.24, 2.45) is 5.41 Å². The van der Waals surface area contributed by atoms with Gasteiger partial charge >= 0.3 is 12.0 Å². The summed E-state index contributed by atoms with van der Waals surface area (Å²) >= 11 is 0. The number of urea groups is 1. The first-order chi connectivity index (χ1) is 9.74. The van der Waals surface area contributed by atoms with Crippen LogP contribution >= 0.6 is 0 Å². The zero-order chi connectivity index (χ0) is 16.0. The number of anilines is 1. The summed E-state index contributed by atoms with van der Waals surface area (Å²) in [5.74, 6) is -0.621. The lowest BCUT2D eigenvalue weighted by Gasteiger charge is -2.27. The molecule has 0 bridgehead atoms. The average molecular weight is 295 g/mol. The van der Waals surface area contributed by atoms with E-state index in [0.717, 1.165) is 0 Å². The van der Waals surface area contributed by atoms with Crippen LogP contribution in [0.2, 0.25) is 0 Å². The van der Waals surface area contributed by atoms with Crippen LogP contribution in [0, 0.1) is 5.41 Å². The van der Waals surface area contributed by atoms with Crippen molar-refractivity contribution in [2.75, 3.05) is 11.9 Å². The number of carbonyl (C=O) groups excluding carboxylic acids is 1. The van der Waals surface area contributed by atoms with Gasteiger partial charge in [0, 0.05) is 6.07 Å². The molecule has 7 heteroatoms. The molecule has 21 heavy (non-hydrogen) atoms. The summed E-state index contributed by atoms with van der Waals surface area (Å²) in [5.41, 5.74) is -0.144. The van der Waals surface area contributed by atoms with Crippen LogP contribution in [-0.2, 0) is 4.79 Å². The van der Waals surface area contributed by atoms with Crippen LogP contribution in [0.5, 0.6) is 5.88 Å². The molecule has 0 saturated heterocycles. The van der Waals surface area contributed by atoms with Gasteiger partial charge in [0.1, 0.15) is 6.04 Å². The Morgan fingerprint density at radius 3 is 2.48 bits per heavy atom. The summed E-state index contributed by atoms with van der Waals surface area (Å²) in [6.45, 7) is 7.57. The normalized spacial score (nSPS) is 12.4. The molecule has 0 saturated carbocycles. The summed E-state index contributed by atoms with van der Waals surface area (Å²) in [6.07, 6.45) is 1.44. The maximum Gasteiger partial charge on any atom is 0.326 e. The van der Waals surface area contributed by atoms with E-state index in [2.05, 4.69) is 15.6 Å². The number of ether oxygens (including phenoxy) is 1. The second-order valence-corrected chi connectivity index (χ2v) is 5.55. The highest BCUT2D eigenvalue weighted by atomic mass is 16.5. The fraction of sp³-hybridized carbons (Fsp3) is 0.500. The number of carbonyl (C=O) groups is 2. The van der Waals surface area contributed by atoms with Gasteiger partial charge in [-0.3, -0.25) is 0 Å². The molecule has 0 aliphatic heterocycles. The van der Waals surface area contributed by atoms with Crippen molar-refractivity contribution in [3.05, 3.63) is 18.3 Å². The summed E-state index contributed by atoms with van der Waals surface area (Å²) in [4.78, 5) is 27.0. The number of carboxylic acid groups (broad SMARTS) is 1. The van der Waals surface area contributed by atoms with Crippen molar-refractivity contribution in [3.8, 4) is 5.88 Å². The molecule has 0 aromatic carbocycles. The predicted molar refractivity (Wildman–Crippen MR) is 78.4 cm³/mol. The third-order valence-electron chi connectivity index (χ3n) is 2.67. The van der Waals surface area contributed by atoms with E-state index in [1.54, 1.807) is 32.9 Å². The highest BCUT2D eigenvalue weighted by molar-refractivity contribution is 5.92. The minimum absolute atomic E-state index is 0.453. The molecule has 3 N–H and O–H groups in total. The van der Waals surface area contributed by atoms with E-state index < -0.39 is 23.5 Å². The van der Waals surface area contributed by atoms with Gasteiger partial charge in [-0.1, -0.05) is 20.8 Å². The van der Waals surface area contributed by atoms with Gasteiger partial charge in [-0.25, -0.2) is 14.6 Å². The van der Waals surface area contributed by atoms with Crippen LogP contribution in [0.4, 0.5) is 10.5 Å². The SMILES string of the molecule is CCOc1ccc(NC(=O)NC(C(=O)O)C(C)(C)C)cn1. The van der Waals surface area contributed by atoms with Crippen LogP contribution in [0.3, 0.4) is 0 Å². The van der Waals surface area contributed by atoms with Crippen molar-refractivity contribution < 1.29 is 19.4 Å². The van der Waals surface area contributed by atoms with Crippen LogP contribution in [0.15, 0.2) is 18.3 Å². The Kier molecular flexibility index (Phi) is 5.52. The Morgan fingerprint density at radius 1 is 1.38 bits per heavy atom. The third kappa shape index (κ3) is 5.29. The van der Waals surface area contributed by atoms with E-state index in [9.17, 15) is 9.59 Å². The smallest absolute Gasteiger partial charge is 0.326 e. The van der Waals surface area contributed by atoms with Crippen molar-refractivity contribution in [1.29, 1.82) is 0 Å². The molecule has 1 aromatic rings. The van der Waals surface area contributed by atoms with Crippen molar-refractivity contribution in [1.82, 2.24) is 10.3 Å². The number of hydrogen-bond acceptors (Lipinski definition) is 4. The van der Waals surface area contributed by atoms with E-state index in [1.807, 2.05) is 6.92 Å². The number of aliphatic carboxylic acids is 1. The van der Waals surface area contributed by atoms with Crippen molar-refractivity contribution in [2.45, 2.75) is 33.7 Å². The summed E-state index contributed by atoms with van der Waals surface area (Å²) < 4.78 is 5.19. The molecular formula is C14H21N3O4. The maximum atomic E-state index is 11.8. The average Bonchev–Trinajstić information content (AvgIpc) is 2.37. The lowest BCUT2D eigenvalue weighted by atomic mass is 9.87. The van der Waals surface area contributed by atoms with Gasteiger partial charge in [-0.05, 0) is 18.4 Å². The molecule has 2 amide bonds. The monoisotopic (exact) mass is 295 g/mol.